The molecule has 7 heteroatoms. The Balaban J connectivity index is 1.53. The first-order chi connectivity index (χ1) is 15.5. The van der Waals surface area contributed by atoms with E-state index in [1.54, 1.807) is 48.5 Å². The molecule has 0 aliphatic carbocycles. The number of fused-ring (bicyclic) bond motifs is 2. The zero-order valence-electron chi connectivity index (χ0n) is 17.2. The van der Waals surface area contributed by atoms with E-state index in [0.717, 1.165) is 5.56 Å². The van der Waals surface area contributed by atoms with Crippen LogP contribution >= 0.6 is 0 Å². The third-order valence-electron chi connectivity index (χ3n) is 5.06. The number of hydrogen-bond acceptors (Lipinski definition) is 5. The number of nitrogens with one attached hydrogen (secondary N) is 1. The van der Waals surface area contributed by atoms with Gasteiger partial charge in [-0.05, 0) is 36.8 Å². The van der Waals surface area contributed by atoms with Gasteiger partial charge < -0.3 is 19.9 Å². The summed E-state index contributed by atoms with van der Waals surface area (Å²) in [6.07, 6.45) is 0.356. The molecule has 0 atom stereocenters. The molecule has 0 saturated heterocycles. The second-order valence-electron chi connectivity index (χ2n) is 7.28. The molecule has 1 amide bonds. The lowest BCUT2D eigenvalue weighted by Crippen LogP contribution is -2.14. The Kier molecular flexibility index (Phi) is 6.17. The fourth-order valence-electron chi connectivity index (χ4n) is 3.44. The van der Waals surface area contributed by atoms with Crippen molar-refractivity contribution in [2.24, 2.45) is 0 Å². The highest BCUT2D eigenvalue weighted by Crippen LogP contribution is 2.30. The van der Waals surface area contributed by atoms with E-state index in [4.69, 9.17) is 14.6 Å². The molecule has 0 fully saturated rings. The molecule has 1 heterocycles. The zero-order valence-corrected chi connectivity index (χ0v) is 17.2. The minimum atomic E-state index is -0.889. The summed E-state index contributed by atoms with van der Waals surface area (Å²) in [6, 6.07) is 18.9. The van der Waals surface area contributed by atoms with Crippen LogP contribution in [0.4, 0.5) is 5.69 Å². The molecule has 0 bridgehead atoms. The van der Waals surface area contributed by atoms with Crippen LogP contribution in [0.2, 0.25) is 0 Å². The Morgan fingerprint density at radius 3 is 2.62 bits per heavy atom. The average Bonchev–Trinajstić information content (AvgIpc) is 2.94. The van der Waals surface area contributed by atoms with Crippen LogP contribution in [0, 0.1) is 0 Å². The first-order valence-corrected chi connectivity index (χ1v) is 10.2. The van der Waals surface area contributed by atoms with Gasteiger partial charge in [-0.15, -0.1) is 0 Å². The second-order valence-corrected chi connectivity index (χ2v) is 7.28. The number of carbonyl (C=O) groups is 3. The number of amides is 1. The normalized spacial score (nSPS) is 12.1. The molecule has 0 aromatic heterocycles. The van der Waals surface area contributed by atoms with Gasteiger partial charge in [-0.2, -0.15) is 0 Å². The van der Waals surface area contributed by atoms with Crippen molar-refractivity contribution >= 4 is 23.3 Å². The highest BCUT2D eigenvalue weighted by Gasteiger charge is 2.23. The summed E-state index contributed by atoms with van der Waals surface area (Å²) in [5, 5.41) is 11.5. The summed E-state index contributed by atoms with van der Waals surface area (Å²) in [5.41, 5.74) is 2.45. The number of rotatable bonds is 7. The van der Waals surface area contributed by atoms with Crippen LogP contribution in [-0.2, 0) is 11.4 Å². The molecule has 4 rings (SSSR count). The maximum absolute atomic E-state index is 13.0. The van der Waals surface area contributed by atoms with Gasteiger partial charge >= 0.3 is 5.97 Å². The fraction of sp³-hybridized carbons (Fsp3) is 0.160. The van der Waals surface area contributed by atoms with Crippen molar-refractivity contribution in [3.05, 3.63) is 89.0 Å². The maximum Gasteiger partial charge on any atom is 0.303 e. The van der Waals surface area contributed by atoms with Crippen molar-refractivity contribution in [2.45, 2.75) is 19.4 Å². The number of carboxylic acid groups (broad SMARTS) is 1. The molecule has 32 heavy (non-hydrogen) atoms. The Labute approximate surface area is 184 Å². The minimum absolute atomic E-state index is 0.00286. The lowest BCUT2D eigenvalue weighted by Gasteiger charge is -2.13. The first-order valence-electron chi connectivity index (χ1n) is 10.2. The zero-order chi connectivity index (χ0) is 22.5. The van der Waals surface area contributed by atoms with E-state index in [-0.39, 0.29) is 25.4 Å². The Morgan fingerprint density at radius 1 is 1.00 bits per heavy atom. The maximum atomic E-state index is 13.0. The lowest BCUT2D eigenvalue weighted by atomic mass is 9.98. The van der Waals surface area contributed by atoms with Crippen molar-refractivity contribution in [3.63, 3.8) is 0 Å². The van der Waals surface area contributed by atoms with Gasteiger partial charge in [-0.1, -0.05) is 36.4 Å². The number of carbonyl (C=O) groups excluding carboxylic acids is 2. The molecule has 0 unspecified atom stereocenters. The van der Waals surface area contributed by atoms with E-state index < -0.39 is 11.9 Å². The molecule has 1 aliphatic rings. The topological polar surface area (TPSA) is 102 Å². The van der Waals surface area contributed by atoms with E-state index in [0.29, 0.717) is 40.3 Å². The van der Waals surface area contributed by atoms with Gasteiger partial charge in [0.25, 0.3) is 5.91 Å². The molecule has 0 saturated carbocycles. The van der Waals surface area contributed by atoms with Crippen LogP contribution in [0.1, 0.15) is 44.7 Å². The van der Waals surface area contributed by atoms with Crippen molar-refractivity contribution in [1.82, 2.24) is 0 Å². The number of benzene rings is 3. The number of carboxylic acids is 1. The largest absolute Gasteiger partial charge is 0.491 e. The SMILES string of the molecule is O=C(O)CCCOc1ccccc1NC(=O)c1ccc2c(c1)C(=O)c1ccccc1CO2. The number of ether oxygens (including phenoxy) is 2. The second kappa shape index (κ2) is 9.34. The molecule has 1 aliphatic heterocycles. The molecule has 2 N–H and O–H groups in total. The Hall–Kier alpha value is -4.13. The van der Waals surface area contributed by atoms with Crippen molar-refractivity contribution in [3.8, 4) is 11.5 Å². The molecule has 3 aromatic rings. The van der Waals surface area contributed by atoms with Gasteiger partial charge in [0, 0.05) is 23.1 Å². The smallest absolute Gasteiger partial charge is 0.303 e. The molecule has 7 nitrogen and oxygen atoms in total. The standard InChI is InChI=1S/C25H21NO6/c27-23(28)10-5-13-31-22-9-4-3-8-20(22)26-25(30)16-11-12-21-19(14-16)24(29)18-7-2-1-6-17(18)15-32-21/h1-4,6-9,11-12,14H,5,10,13,15H2,(H,26,30)(H,27,28). The summed E-state index contributed by atoms with van der Waals surface area (Å²) in [4.78, 5) is 36.6. The minimum Gasteiger partial charge on any atom is -0.491 e. The van der Waals surface area contributed by atoms with Gasteiger partial charge in [0.05, 0.1) is 17.9 Å². The van der Waals surface area contributed by atoms with E-state index >= 15 is 0 Å². The number of hydrogen-bond donors (Lipinski definition) is 2. The Bertz CT molecular complexity index is 1190. The quantitative estimate of drug-likeness (QED) is 0.541. The van der Waals surface area contributed by atoms with Gasteiger partial charge in [0.2, 0.25) is 0 Å². The summed E-state index contributed by atoms with van der Waals surface area (Å²) >= 11 is 0. The molecule has 0 radical (unpaired) electrons. The Morgan fingerprint density at radius 2 is 1.78 bits per heavy atom. The summed E-state index contributed by atoms with van der Waals surface area (Å²) in [7, 11) is 0. The monoisotopic (exact) mass is 431 g/mol. The number of aliphatic carboxylic acids is 1. The number of ketones is 1. The number of para-hydroxylation sites is 2. The van der Waals surface area contributed by atoms with Crippen LogP contribution < -0.4 is 14.8 Å². The van der Waals surface area contributed by atoms with Crippen LogP contribution in [0.3, 0.4) is 0 Å². The van der Waals surface area contributed by atoms with Crippen LogP contribution in [0.15, 0.2) is 66.7 Å². The summed E-state index contributed by atoms with van der Waals surface area (Å²) in [6.45, 7) is 0.496. The predicted molar refractivity (Wildman–Crippen MR) is 117 cm³/mol. The summed E-state index contributed by atoms with van der Waals surface area (Å²) in [5.74, 6) is -0.608. The molecular weight excluding hydrogens is 410 g/mol. The van der Waals surface area contributed by atoms with Crippen LogP contribution in [0.5, 0.6) is 11.5 Å². The van der Waals surface area contributed by atoms with Gasteiger partial charge in [0.15, 0.2) is 5.78 Å². The van der Waals surface area contributed by atoms with E-state index in [9.17, 15) is 14.4 Å². The molecular formula is C25H21NO6. The molecule has 162 valence electrons. The van der Waals surface area contributed by atoms with Gasteiger partial charge in [-0.3, -0.25) is 14.4 Å². The van der Waals surface area contributed by atoms with Crippen molar-refractivity contribution in [2.75, 3.05) is 11.9 Å². The average molecular weight is 431 g/mol. The first kappa shape index (κ1) is 21.1. The number of anilines is 1. The molecule has 0 spiro atoms. The van der Waals surface area contributed by atoms with Crippen molar-refractivity contribution < 1.29 is 29.0 Å². The van der Waals surface area contributed by atoms with Gasteiger partial charge in [-0.25, -0.2) is 0 Å². The van der Waals surface area contributed by atoms with Crippen LogP contribution in [0.25, 0.3) is 0 Å². The van der Waals surface area contributed by atoms with E-state index in [1.165, 1.54) is 6.07 Å². The lowest BCUT2D eigenvalue weighted by molar-refractivity contribution is -0.137. The third kappa shape index (κ3) is 4.62. The van der Waals surface area contributed by atoms with Crippen molar-refractivity contribution in [1.29, 1.82) is 0 Å². The molecule has 3 aromatic carbocycles. The van der Waals surface area contributed by atoms with E-state index in [2.05, 4.69) is 5.32 Å². The highest BCUT2D eigenvalue weighted by atomic mass is 16.5. The fourth-order valence-corrected chi connectivity index (χ4v) is 3.44. The predicted octanol–water partition coefficient (Wildman–Crippen LogP) is 4.31. The summed E-state index contributed by atoms with van der Waals surface area (Å²) < 4.78 is 11.4. The van der Waals surface area contributed by atoms with Gasteiger partial charge in [0.1, 0.15) is 18.1 Å². The van der Waals surface area contributed by atoms with E-state index in [1.807, 2.05) is 12.1 Å². The van der Waals surface area contributed by atoms with Crippen LogP contribution in [-0.4, -0.2) is 29.4 Å². The highest BCUT2D eigenvalue weighted by molar-refractivity contribution is 6.14. The third-order valence-corrected chi connectivity index (χ3v) is 5.06.